The van der Waals surface area contributed by atoms with Crippen LogP contribution < -0.4 is 11.2 Å². The van der Waals surface area contributed by atoms with E-state index in [1.54, 1.807) is 6.92 Å². The summed E-state index contributed by atoms with van der Waals surface area (Å²) in [5.41, 5.74) is 8.23. The van der Waals surface area contributed by atoms with E-state index >= 15 is 0 Å². The summed E-state index contributed by atoms with van der Waals surface area (Å²) in [6.45, 7) is 1.66. The molecule has 1 unspecified atom stereocenters. The van der Waals surface area contributed by atoms with Crippen LogP contribution in [0.3, 0.4) is 0 Å². The Morgan fingerprint density at radius 2 is 2.50 bits per heavy atom. The number of allylic oxidation sites excluding steroid dienone is 1. The topological polar surface area (TPSA) is 112 Å². The van der Waals surface area contributed by atoms with Gasteiger partial charge in [-0.3, -0.25) is 0 Å². The van der Waals surface area contributed by atoms with E-state index in [0.717, 1.165) is 0 Å². The molecule has 74 valence electrons. The molecule has 0 bridgehead atoms. The number of nitrogens with one attached hydrogen (secondary N) is 1. The Morgan fingerprint density at radius 1 is 1.86 bits per heavy atom. The average Bonchev–Trinajstić information content (AvgIpc) is 2.38. The van der Waals surface area contributed by atoms with Gasteiger partial charge in [0.2, 0.25) is 0 Å². The number of rotatable bonds is 1. The van der Waals surface area contributed by atoms with Crippen LogP contribution in [-0.2, 0) is 0 Å². The Hall–Kier alpha value is -1.87. The maximum atomic E-state index is 10.4. The zero-order chi connectivity index (χ0) is 10.7. The number of hydrogen-bond acceptors (Lipinski definition) is 4. The fourth-order valence-electron chi connectivity index (χ4n) is 1.25. The molecule has 0 spiro atoms. The van der Waals surface area contributed by atoms with Crippen molar-refractivity contribution in [3.63, 3.8) is 0 Å². The molecule has 1 aliphatic rings. The monoisotopic (exact) mass is 194 g/mol. The predicted octanol–water partition coefficient (Wildman–Crippen LogP) is -0.385. The van der Waals surface area contributed by atoms with Crippen molar-refractivity contribution in [2.75, 3.05) is 0 Å². The van der Waals surface area contributed by atoms with Crippen LogP contribution in [0.1, 0.15) is 13.3 Å². The molecule has 2 amide bonds. The Kier molecular flexibility index (Phi) is 2.84. The van der Waals surface area contributed by atoms with E-state index in [-0.39, 0.29) is 12.0 Å². The molecule has 0 aromatic rings. The van der Waals surface area contributed by atoms with Gasteiger partial charge in [-0.05, 0) is 12.5 Å². The van der Waals surface area contributed by atoms with Gasteiger partial charge in [0.05, 0.1) is 23.5 Å². The third kappa shape index (κ3) is 1.89. The van der Waals surface area contributed by atoms with Gasteiger partial charge in [0, 0.05) is 6.42 Å². The van der Waals surface area contributed by atoms with Gasteiger partial charge in [0.15, 0.2) is 0 Å². The highest BCUT2D eigenvalue weighted by Crippen LogP contribution is 2.23. The van der Waals surface area contributed by atoms with Crippen LogP contribution >= 0.6 is 0 Å². The highest BCUT2D eigenvalue weighted by Gasteiger charge is 2.26. The quantitative estimate of drug-likeness (QED) is 0.494. The van der Waals surface area contributed by atoms with Crippen molar-refractivity contribution in [1.82, 2.24) is 5.43 Å². The number of hydrogen-bond donors (Lipinski definition) is 3. The molecule has 0 aliphatic heterocycles. The zero-order valence-electron chi connectivity index (χ0n) is 7.61. The van der Waals surface area contributed by atoms with Crippen molar-refractivity contribution < 1.29 is 9.90 Å². The summed E-state index contributed by atoms with van der Waals surface area (Å²) in [4.78, 5) is 10.4. The maximum Gasteiger partial charge on any atom is 0.332 e. The molecule has 0 radical (unpaired) electrons. The molecular formula is C8H10N4O2. The Morgan fingerprint density at radius 3 is 2.93 bits per heavy atom. The first kappa shape index (κ1) is 10.2. The molecule has 14 heavy (non-hydrogen) atoms. The van der Waals surface area contributed by atoms with Crippen LogP contribution in [0.5, 0.6) is 0 Å². The van der Waals surface area contributed by atoms with Gasteiger partial charge in [-0.2, -0.15) is 10.4 Å². The first-order chi connectivity index (χ1) is 6.56. The molecule has 0 heterocycles. The number of nitrogens with two attached hydrogens (primary N) is 1. The van der Waals surface area contributed by atoms with Crippen LogP contribution in [0.25, 0.3) is 0 Å². The third-order valence-electron chi connectivity index (χ3n) is 1.98. The molecule has 0 saturated heterocycles. The molecule has 0 fully saturated rings. The summed E-state index contributed by atoms with van der Waals surface area (Å²) in [6.07, 6.45) is -0.594. The van der Waals surface area contributed by atoms with Crippen LogP contribution in [0, 0.1) is 11.3 Å². The number of aliphatic hydroxyl groups is 1. The predicted molar refractivity (Wildman–Crippen MR) is 49.1 cm³/mol. The summed E-state index contributed by atoms with van der Waals surface area (Å²) in [5.74, 6) is 0. The number of hydrazone groups is 1. The van der Waals surface area contributed by atoms with Gasteiger partial charge in [0.1, 0.15) is 0 Å². The van der Waals surface area contributed by atoms with Crippen LogP contribution in [-0.4, -0.2) is 23.0 Å². The summed E-state index contributed by atoms with van der Waals surface area (Å²) in [6, 6.07) is 1.11. The van der Waals surface area contributed by atoms with Gasteiger partial charge >= 0.3 is 6.03 Å². The zero-order valence-corrected chi connectivity index (χ0v) is 7.61. The third-order valence-corrected chi connectivity index (χ3v) is 1.98. The number of primary amides is 1. The van der Waals surface area contributed by atoms with Gasteiger partial charge in [-0.25, -0.2) is 10.2 Å². The number of nitrogens with zero attached hydrogens (tertiary/aromatic N) is 2. The molecule has 0 aromatic heterocycles. The van der Waals surface area contributed by atoms with Crippen molar-refractivity contribution in [2.45, 2.75) is 19.4 Å². The van der Waals surface area contributed by atoms with Crippen molar-refractivity contribution in [3.05, 3.63) is 11.1 Å². The van der Waals surface area contributed by atoms with E-state index in [1.165, 1.54) is 0 Å². The lowest BCUT2D eigenvalue weighted by atomic mass is 10.2. The Labute approximate surface area is 80.7 Å². The minimum absolute atomic E-state index is 0.231. The standard InChI is InChI=1S/C8H10N4O2/c1-4-5(3-9)7(13)2-6(4)11-12-8(10)14/h7,13H,2H2,1H3,(H3,10,12,14)/b11-6-. The molecule has 0 aromatic carbocycles. The lowest BCUT2D eigenvalue weighted by Crippen LogP contribution is -2.25. The van der Waals surface area contributed by atoms with Crippen molar-refractivity contribution in [1.29, 1.82) is 5.26 Å². The van der Waals surface area contributed by atoms with E-state index in [1.807, 2.05) is 6.07 Å². The molecule has 0 saturated carbocycles. The summed E-state index contributed by atoms with van der Waals surface area (Å²) < 4.78 is 0. The van der Waals surface area contributed by atoms with E-state index in [2.05, 4.69) is 10.5 Å². The molecule has 1 atom stereocenters. The minimum Gasteiger partial charge on any atom is -0.387 e. The van der Waals surface area contributed by atoms with Crippen LogP contribution in [0.4, 0.5) is 4.79 Å². The van der Waals surface area contributed by atoms with E-state index in [9.17, 15) is 9.90 Å². The van der Waals surface area contributed by atoms with Crippen LogP contribution in [0.2, 0.25) is 0 Å². The fraction of sp³-hybridized carbons (Fsp3) is 0.375. The summed E-state index contributed by atoms with van der Waals surface area (Å²) >= 11 is 0. The number of urea groups is 1. The molecule has 1 aliphatic carbocycles. The lowest BCUT2D eigenvalue weighted by molar-refractivity contribution is 0.228. The van der Waals surface area contributed by atoms with Gasteiger partial charge < -0.3 is 10.8 Å². The Bertz CT molecular complexity index is 364. The van der Waals surface area contributed by atoms with Gasteiger partial charge in [-0.15, -0.1) is 0 Å². The highest BCUT2D eigenvalue weighted by atomic mass is 16.3. The van der Waals surface area contributed by atoms with Gasteiger partial charge in [0.25, 0.3) is 0 Å². The number of carbonyl (C=O) groups excluding carboxylic acids is 1. The van der Waals surface area contributed by atoms with Gasteiger partial charge in [-0.1, -0.05) is 0 Å². The van der Waals surface area contributed by atoms with Crippen molar-refractivity contribution in [2.24, 2.45) is 10.8 Å². The lowest BCUT2D eigenvalue weighted by Gasteiger charge is -1.98. The van der Waals surface area contributed by atoms with Crippen molar-refractivity contribution >= 4 is 11.7 Å². The highest BCUT2D eigenvalue weighted by molar-refractivity contribution is 6.04. The fourth-order valence-corrected chi connectivity index (χ4v) is 1.25. The minimum atomic E-state index is -0.826. The molecular weight excluding hydrogens is 184 g/mol. The number of aliphatic hydroxyl groups excluding tert-OH is 1. The number of carbonyl (C=O) groups is 1. The second-order valence-electron chi connectivity index (χ2n) is 2.90. The molecule has 1 rings (SSSR count). The van der Waals surface area contributed by atoms with Crippen molar-refractivity contribution in [3.8, 4) is 6.07 Å². The second-order valence-corrected chi connectivity index (χ2v) is 2.90. The summed E-state index contributed by atoms with van der Waals surface area (Å²) in [7, 11) is 0. The first-order valence-electron chi connectivity index (χ1n) is 3.97. The van der Waals surface area contributed by atoms with E-state index in [0.29, 0.717) is 11.3 Å². The number of nitriles is 1. The average molecular weight is 194 g/mol. The number of amides is 2. The summed E-state index contributed by atoms with van der Waals surface area (Å²) in [5, 5.41) is 21.7. The first-order valence-corrected chi connectivity index (χ1v) is 3.97. The normalized spacial score (nSPS) is 23.8. The molecule has 4 N–H and O–H groups in total. The molecule has 6 heteroatoms. The second kappa shape index (κ2) is 3.89. The SMILES string of the molecule is CC1=C(C#N)C(O)C/C1=N/NC(N)=O. The molecule has 6 nitrogen and oxygen atoms in total. The maximum absolute atomic E-state index is 10.4. The largest absolute Gasteiger partial charge is 0.387 e. The Balaban J connectivity index is 2.88. The van der Waals surface area contributed by atoms with Crippen LogP contribution in [0.15, 0.2) is 16.2 Å². The van der Waals surface area contributed by atoms with E-state index in [4.69, 9.17) is 11.0 Å². The van der Waals surface area contributed by atoms with E-state index < -0.39 is 12.1 Å². The smallest absolute Gasteiger partial charge is 0.332 e.